The highest BCUT2D eigenvalue weighted by Crippen LogP contribution is 1.74. The first-order valence-electron chi connectivity index (χ1n) is 3.47. The summed E-state index contributed by atoms with van der Waals surface area (Å²) in [5, 5.41) is 13.7. The molecule has 0 heterocycles. The van der Waals surface area contributed by atoms with E-state index >= 15 is 0 Å². The number of rotatable bonds is 4. The minimum Gasteiger partial charge on any atom is -0.392 e. The van der Waals surface area contributed by atoms with Gasteiger partial charge in [-0.15, -0.1) is 6.58 Å². The molecule has 3 N–H and O–H groups in total. The van der Waals surface area contributed by atoms with Crippen molar-refractivity contribution in [3.05, 3.63) is 12.7 Å². The normalized spacial score (nSPS) is 11.8. The smallest absolute Gasteiger partial charge is 0.315 e. The molecular weight excluding hydrogens is 144 g/mol. The van der Waals surface area contributed by atoms with E-state index in [1.165, 1.54) is 0 Å². The second-order valence-corrected chi connectivity index (χ2v) is 2.23. The molecule has 11 heavy (non-hydrogen) atoms. The highest BCUT2D eigenvalue weighted by Gasteiger charge is 1.98. The van der Waals surface area contributed by atoms with Crippen LogP contribution in [0.1, 0.15) is 6.92 Å². The number of hydrogen-bond acceptors (Lipinski definition) is 2. The van der Waals surface area contributed by atoms with E-state index in [9.17, 15) is 4.79 Å². The Kier molecular flexibility index (Phi) is 5.20. The first-order chi connectivity index (χ1) is 5.16. The molecule has 0 aliphatic heterocycles. The number of aliphatic hydroxyl groups excluding tert-OH is 1. The number of carbonyl (C=O) groups is 1. The van der Waals surface area contributed by atoms with Gasteiger partial charge in [-0.2, -0.15) is 0 Å². The van der Waals surface area contributed by atoms with Gasteiger partial charge in [-0.3, -0.25) is 0 Å². The highest BCUT2D eigenvalue weighted by atomic mass is 16.3. The molecule has 0 saturated carbocycles. The molecule has 0 fully saturated rings. The fourth-order valence-electron chi connectivity index (χ4n) is 0.468. The van der Waals surface area contributed by atoms with Crippen LogP contribution in [0, 0.1) is 0 Å². The van der Waals surface area contributed by atoms with Crippen LogP contribution in [0.15, 0.2) is 12.7 Å². The predicted molar refractivity (Wildman–Crippen MR) is 43.3 cm³/mol. The van der Waals surface area contributed by atoms with Crippen LogP contribution in [0.5, 0.6) is 0 Å². The maximum Gasteiger partial charge on any atom is 0.315 e. The van der Waals surface area contributed by atoms with Crippen LogP contribution in [-0.2, 0) is 0 Å². The van der Waals surface area contributed by atoms with Crippen molar-refractivity contribution in [2.24, 2.45) is 0 Å². The summed E-state index contributed by atoms with van der Waals surface area (Å²) in [6, 6.07) is -0.286. The molecule has 64 valence electrons. The molecule has 0 aliphatic rings. The van der Waals surface area contributed by atoms with Gasteiger partial charge in [-0.25, -0.2) is 4.79 Å². The van der Waals surface area contributed by atoms with Crippen LogP contribution in [0.4, 0.5) is 4.79 Å². The summed E-state index contributed by atoms with van der Waals surface area (Å²) in [7, 11) is 0. The zero-order valence-corrected chi connectivity index (χ0v) is 6.63. The van der Waals surface area contributed by atoms with Gasteiger partial charge in [0.1, 0.15) is 0 Å². The molecular formula is C7H14N2O2. The van der Waals surface area contributed by atoms with E-state index in [1.54, 1.807) is 13.0 Å². The summed E-state index contributed by atoms with van der Waals surface area (Å²) >= 11 is 0. The third-order valence-corrected chi connectivity index (χ3v) is 0.965. The van der Waals surface area contributed by atoms with Gasteiger partial charge in [-0.05, 0) is 6.92 Å². The Morgan fingerprint density at radius 1 is 1.73 bits per heavy atom. The second kappa shape index (κ2) is 5.73. The average molecular weight is 158 g/mol. The summed E-state index contributed by atoms with van der Waals surface area (Å²) in [5.74, 6) is 0. The summed E-state index contributed by atoms with van der Waals surface area (Å²) < 4.78 is 0. The molecule has 0 unspecified atom stereocenters. The standard InChI is InChI=1S/C7H14N2O2/c1-3-4-8-7(11)9-5-6(2)10/h3,6,10H,1,4-5H2,2H3,(H2,8,9,11)/t6-/m1/s1. The van der Waals surface area contributed by atoms with E-state index in [4.69, 9.17) is 5.11 Å². The Balaban J connectivity index is 3.29. The van der Waals surface area contributed by atoms with Crippen molar-refractivity contribution in [3.8, 4) is 0 Å². The van der Waals surface area contributed by atoms with E-state index < -0.39 is 6.10 Å². The van der Waals surface area contributed by atoms with Gasteiger partial charge >= 0.3 is 6.03 Å². The van der Waals surface area contributed by atoms with Gasteiger partial charge in [0.05, 0.1) is 6.10 Å². The first-order valence-corrected chi connectivity index (χ1v) is 3.47. The maximum absolute atomic E-state index is 10.7. The van der Waals surface area contributed by atoms with Crippen molar-refractivity contribution >= 4 is 6.03 Å². The molecule has 0 aromatic heterocycles. The molecule has 0 rings (SSSR count). The quantitative estimate of drug-likeness (QED) is 0.498. The topological polar surface area (TPSA) is 61.4 Å². The lowest BCUT2D eigenvalue weighted by Crippen LogP contribution is -2.38. The van der Waals surface area contributed by atoms with E-state index in [0.717, 1.165) is 0 Å². The lowest BCUT2D eigenvalue weighted by atomic mass is 10.4. The van der Waals surface area contributed by atoms with Gasteiger partial charge in [0.25, 0.3) is 0 Å². The minimum atomic E-state index is -0.510. The van der Waals surface area contributed by atoms with E-state index in [2.05, 4.69) is 17.2 Å². The Morgan fingerprint density at radius 3 is 2.82 bits per heavy atom. The van der Waals surface area contributed by atoms with Gasteiger partial charge < -0.3 is 15.7 Å². The molecule has 0 saturated heterocycles. The number of amides is 2. The number of nitrogens with one attached hydrogen (secondary N) is 2. The fourth-order valence-corrected chi connectivity index (χ4v) is 0.468. The molecule has 2 amide bonds. The maximum atomic E-state index is 10.7. The minimum absolute atomic E-state index is 0.267. The highest BCUT2D eigenvalue weighted by molar-refractivity contribution is 5.73. The van der Waals surface area contributed by atoms with Gasteiger partial charge in [0.2, 0.25) is 0 Å². The molecule has 4 nitrogen and oxygen atoms in total. The molecule has 0 spiro atoms. The van der Waals surface area contributed by atoms with E-state index in [0.29, 0.717) is 6.54 Å². The number of urea groups is 1. The molecule has 0 aromatic carbocycles. The monoisotopic (exact) mass is 158 g/mol. The number of aliphatic hydroxyl groups is 1. The molecule has 0 radical (unpaired) electrons. The van der Waals surface area contributed by atoms with Gasteiger partial charge in [-0.1, -0.05) is 6.08 Å². The lowest BCUT2D eigenvalue weighted by Gasteiger charge is -2.06. The summed E-state index contributed by atoms with van der Waals surface area (Å²) in [5.41, 5.74) is 0. The van der Waals surface area contributed by atoms with Crippen LogP contribution in [0.3, 0.4) is 0 Å². The first kappa shape index (κ1) is 9.97. The van der Waals surface area contributed by atoms with Crippen molar-refractivity contribution < 1.29 is 9.90 Å². The number of hydrogen-bond donors (Lipinski definition) is 3. The molecule has 0 aromatic rings. The van der Waals surface area contributed by atoms with Crippen molar-refractivity contribution in [2.45, 2.75) is 13.0 Å². The van der Waals surface area contributed by atoms with Gasteiger partial charge in [0, 0.05) is 13.1 Å². The molecule has 4 heteroatoms. The molecule has 0 aliphatic carbocycles. The van der Waals surface area contributed by atoms with Crippen molar-refractivity contribution in [2.75, 3.05) is 13.1 Å². The van der Waals surface area contributed by atoms with Crippen LogP contribution >= 0.6 is 0 Å². The van der Waals surface area contributed by atoms with Crippen LogP contribution in [-0.4, -0.2) is 30.3 Å². The predicted octanol–water partition coefficient (Wildman–Crippen LogP) is -0.148. The molecule has 0 bridgehead atoms. The lowest BCUT2D eigenvalue weighted by molar-refractivity contribution is 0.188. The third kappa shape index (κ3) is 6.86. The van der Waals surface area contributed by atoms with E-state index in [-0.39, 0.29) is 12.6 Å². The van der Waals surface area contributed by atoms with Crippen molar-refractivity contribution in [3.63, 3.8) is 0 Å². The third-order valence-electron chi connectivity index (χ3n) is 0.965. The Hall–Kier alpha value is -1.03. The van der Waals surface area contributed by atoms with Crippen molar-refractivity contribution in [1.29, 1.82) is 0 Å². The van der Waals surface area contributed by atoms with Crippen molar-refractivity contribution in [1.82, 2.24) is 10.6 Å². The molecule has 1 atom stereocenters. The summed E-state index contributed by atoms with van der Waals surface area (Å²) in [6.07, 6.45) is 1.08. The Bertz CT molecular complexity index is 134. The van der Waals surface area contributed by atoms with Crippen LogP contribution in [0.2, 0.25) is 0 Å². The fraction of sp³-hybridized carbons (Fsp3) is 0.571. The van der Waals surface area contributed by atoms with Crippen LogP contribution < -0.4 is 10.6 Å². The zero-order chi connectivity index (χ0) is 8.69. The Morgan fingerprint density at radius 2 is 2.36 bits per heavy atom. The number of carbonyl (C=O) groups excluding carboxylic acids is 1. The summed E-state index contributed by atoms with van der Waals surface area (Å²) in [4.78, 5) is 10.7. The second-order valence-electron chi connectivity index (χ2n) is 2.23. The van der Waals surface area contributed by atoms with Crippen LogP contribution in [0.25, 0.3) is 0 Å². The Labute approximate surface area is 66.3 Å². The van der Waals surface area contributed by atoms with Gasteiger partial charge in [0.15, 0.2) is 0 Å². The van der Waals surface area contributed by atoms with E-state index in [1.807, 2.05) is 0 Å². The largest absolute Gasteiger partial charge is 0.392 e. The average Bonchev–Trinajstić information content (AvgIpc) is 1.97. The zero-order valence-electron chi connectivity index (χ0n) is 6.63. The SMILES string of the molecule is C=CCNC(=O)NC[C@@H](C)O. The summed E-state index contributed by atoms with van der Waals surface area (Å²) in [6.45, 7) is 5.74.